The van der Waals surface area contributed by atoms with E-state index in [1.54, 1.807) is 60.4 Å². The molecule has 10 heteroatoms. The first-order valence-electron chi connectivity index (χ1n) is 10.1. The fourth-order valence-corrected chi connectivity index (χ4v) is 4.50. The number of esters is 1. The molecular weight excluding hydrogens is 510 g/mol. The Kier molecular flexibility index (Phi) is 8.29. The number of nitrogens with zero attached hydrogens (tertiary/aromatic N) is 2. The van der Waals surface area contributed by atoms with E-state index in [2.05, 4.69) is 20.9 Å². The topological polar surface area (TPSA) is 111 Å². The third-order valence-electron chi connectivity index (χ3n) is 4.41. The molecule has 0 bridgehead atoms. The van der Waals surface area contributed by atoms with E-state index in [-0.39, 0.29) is 19.1 Å². The van der Waals surface area contributed by atoms with Crippen LogP contribution in [-0.4, -0.2) is 47.6 Å². The predicted octanol–water partition coefficient (Wildman–Crippen LogP) is 4.11. The van der Waals surface area contributed by atoms with Crippen molar-refractivity contribution < 1.29 is 23.9 Å². The summed E-state index contributed by atoms with van der Waals surface area (Å²) in [6.07, 6.45) is 1.76. The summed E-state index contributed by atoms with van der Waals surface area (Å²) < 4.78 is 11.0. The molecule has 1 saturated heterocycles. The third kappa shape index (κ3) is 6.23. The average molecular weight is 532 g/mol. The molecule has 1 aliphatic rings. The monoisotopic (exact) mass is 531 g/mol. The smallest absolute Gasteiger partial charge is 0.338 e. The van der Waals surface area contributed by atoms with Crippen LogP contribution in [0.1, 0.15) is 29.8 Å². The summed E-state index contributed by atoms with van der Waals surface area (Å²) in [4.78, 5) is 42.5. The summed E-state index contributed by atoms with van der Waals surface area (Å²) in [5, 5.41) is 0.523. The molecule has 1 aliphatic heterocycles. The van der Waals surface area contributed by atoms with Crippen molar-refractivity contribution in [3.8, 4) is 5.75 Å². The molecule has 3 rings (SSSR count). The van der Waals surface area contributed by atoms with Crippen LogP contribution in [0.5, 0.6) is 5.75 Å². The molecule has 33 heavy (non-hydrogen) atoms. The number of benzene rings is 2. The predicted molar refractivity (Wildman–Crippen MR) is 131 cm³/mol. The molecular formula is C23H22BrN3O5S. The van der Waals surface area contributed by atoms with Crippen molar-refractivity contribution in [3.05, 3.63) is 63.0 Å². The van der Waals surface area contributed by atoms with Gasteiger partial charge in [-0.3, -0.25) is 14.5 Å². The first-order valence-corrected chi connectivity index (χ1v) is 11.7. The van der Waals surface area contributed by atoms with Crippen molar-refractivity contribution in [1.82, 2.24) is 4.90 Å². The molecule has 1 heterocycles. The number of ether oxygens (including phenoxy) is 2. The SMILES string of the molecule is CCOC(=O)c1cccc(N=C2SC(=Cc3ccc(OCC(N)=O)c(Br)c3)C(=O)N2CC)c1. The van der Waals surface area contributed by atoms with Crippen molar-refractivity contribution in [1.29, 1.82) is 0 Å². The van der Waals surface area contributed by atoms with E-state index in [9.17, 15) is 14.4 Å². The lowest BCUT2D eigenvalue weighted by Crippen LogP contribution is -2.28. The number of hydrogen-bond acceptors (Lipinski definition) is 7. The molecule has 2 N–H and O–H groups in total. The zero-order valence-corrected chi connectivity index (χ0v) is 20.4. The molecule has 0 radical (unpaired) electrons. The zero-order chi connectivity index (χ0) is 24.0. The first-order chi connectivity index (χ1) is 15.8. The number of carbonyl (C=O) groups excluding carboxylic acids is 3. The number of aliphatic imine (C=N–C) groups is 1. The molecule has 172 valence electrons. The molecule has 0 unspecified atom stereocenters. The first kappa shape index (κ1) is 24.5. The minimum atomic E-state index is -0.569. The molecule has 2 amide bonds. The Morgan fingerprint density at radius 2 is 2.00 bits per heavy atom. The molecule has 0 atom stereocenters. The van der Waals surface area contributed by atoms with Gasteiger partial charge < -0.3 is 15.2 Å². The van der Waals surface area contributed by atoms with Crippen LogP contribution < -0.4 is 10.5 Å². The third-order valence-corrected chi connectivity index (χ3v) is 6.04. The van der Waals surface area contributed by atoms with E-state index in [0.717, 1.165) is 5.56 Å². The Hall–Kier alpha value is -3.11. The molecule has 0 saturated carbocycles. The van der Waals surface area contributed by atoms with Crippen molar-refractivity contribution in [2.75, 3.05) is 19.8 Å². The molecule has 2 aromatic rings. The van der Waals surface area contributed by atoms with Gasteiger partial charge in [-0.25, -0.2) is 9.79 Å². The summed E-state index contributed by atoms with van der Waals surface area (Å²) in [7, 11) is 0. The zero-order valence-electron chi connectivity index (χ0n) is 18.0. The number of amidine groups is 1. The molecule has 0 aromatic heterocycles. The van der Waals surface area contributed by atoms with Crippen molar-refractivity contribution in [2.45, 2.75) is 13.8 Å². The molecule has 1 fully saturated rings. The maximum Gasteiger partial charge on any atom is 0.338 e. The highest BCUT2D eigenvalue weighted by Crippen LogP contribution is 2.35. The number of primary amides is 1. The second-order valence-electron chi connectivity index (χ2n) is 6.77. The van der Waals surface area contributed by atoms with Gasteiger partial charge in [0, 0.05) is 6.54 Å². The molecule has 2 aromatic carbocycles. The van der Waals surface area contributed by atoms with E-state index in [0.29, 0.717) is 38.1 Å². The maximum absolute atomic E-state index is 12.9. The summed E-state index contributed by atoms with van der Waals surface area (Å²) in [6, 6.07) is 12.0. The van der Waals surface area contributed by atoms with Crippen LogP contribution in [-0.2, 0) is 14.3 Å². The van der Waals surface area contributed by atoms with Gasteiger partial charge in [0.05, 0.1) is 27.2 Å². The number of likely N-dealkylation sites (N-methyl/N-ethyl adjacent to an activating group) is 1. The fraction of sp³-hybridized carbons (Fsp3) is 0.217. The average Bonchev–Trinajstić information content (AvgIpc) is 3.07. The number of halogens is 1. The minimum absolute atomic E-state index is 0.159. The summed E-state index contributed by atoms with van der Waals surface area (Å²) in [5.41, 5.74) is 6.83. The number of hydrogen-bond donors (Lipinski definition) is 1. The fourth-order valence-electron chi connectivity index (χ4n) is 2.92. The van der Waals surface area contributed by atoms with Gasteiger partial charge in [-0.15, -0.1) is 0 Å². The largest absolute Gasteiger partial charge is 0.483 e. The number of amides is 2. The van der Waals surface area contributed by atoms with Crippen LogP contribution in [0.15, 0.2) is 56.8 Å². The van der Waals surface area contributed by atoms with Gasteiger partial charge >= 0.3 is 5.97 Å². The maximum atomic E-state index is 12.9. The molecule has 0 spiro atoms. The van der Waals surface area contributed by atoms with E-state index < -0.39 is 11.9 Å². The van der Waals surface area contributed by atoms with Crippen LogP contribution in [0.4, 0.5) is 5.69 Å². The van der Waals surface area contributed by atoms with Crippen LogP contribution in [0.25, 0.3) is 6.08 Å². The number of rotatable bonds is 8. The van der Waals surface area contributed by atoms with Gasteiger partial charge in [-0.2, -0.15) is 0 Å². The van der Waals surface area contributed by atoms with Crippen molar-refractivity contribution >= 4 is 62.4 Å². The number of nitrogens with two attached hydrogens (primary N) is 1. The van der Waals surface area contributed by atoms with E-state index in [1.807, 2.05) is 6.92 Å². The minimum Gasteiger partial charge on any atom is -0.483 e. The Balaban J connectivity index is 1.84. The Labute approximate surface area is 204 Å². The van der Waals surface area contributed by atoms with Crippen LogP contribution in [0.3, 0.4) is 0 Å². The lowest BCUT2D eigenvalue weighted by Gasteiger charge is -2.12. The lowest BCUT2D eigenvalue weighted by molar-refractivity contribution is -0.122. The van der Waals surface area contributed by atoms with Gasteiger partial charge in [-0.05, 0) is 83.5 Å². The summed E-state index contributed by atoms with van der Waals surface area (Å²) in [6.45, 7) is 4.12. The van der Waals surface area contributed by atoms with E-state index in [1.165, 1.54) is 11.8 Å². The summed E-state index contributed by atoms with van der Waals surface area (Å²) in [5.74, 6) is -0.676. The highest BCUT2D eigenvalue weighted by molar-refractivity contribution is 9.10. The highest BCUT2D eigenvalue weighted by atomic mass is 79.9. The van der Waals surface area contributed by atoms with Crippen molar-refractivity contribution in [2.24, 2.45) is 10.7 Å². The van der Waals surface area contributed by atoms with Gasteiger partial charge in [0.2, 0.25) is 0 Å². The normalized spacial score (nSPS) is 15.8. The standard InChI is InChI=1S/C23H22BrN3O5S/c1-3-27-21(29)19(11-14-8-9-18(17(24)10-14)32-13-20(25)28)33-23(27)26-16-7-5-6-15(12-16)22(30)31-4-2/h5-12H,3-4,13H2,1-2H3,(H2,25,28). The Bertz CT molecular complexity index is 1150. The second-order valence-corrected chi connectivity index (χ2v) is 8.63. The van der Waals surface area contributed by atoms with Gasteiger partial charge in [0.1, 0.15) is 5.75 Å². The molecule has 0 aliphatic carbocycles. The van der Waals surface area contributed by atoms with Gasteiger partial charge in [0.25, 0.3) is 11.8 Å². The van der Waals surface area contributed by atoms with E-state index in [4.69, 9.17) is 15.2 Å². The van der Waals surface area contributed by atoms with Crippen LogP contribution in [0.2, 0.25) is 0 Å². The highest BCUT2D eigenvalue weighted by Gasteiger charge is 2.32. The number of carbonyl (C=O) groups is 3. The van der Waals surface area contributed by atoms with Gasteiger partial charge in [0.15, 0.2) is 11.8 Å². The van der Waals surface area contributed by atoms with Crippen molar-refractivity contribution in [3.63, 3.8) is 0 Å². The van der Waals surface area contributed by atoms with Crippen LogP contribution >= 0.6 is 27.7 Å². The van der Waals surface area contributed by atoms with Gasteiger partial charge in [-0.1, -0.05) is 12.1 Å². The second kappa shape index (κ2) is 11.2. The Morgan fingerprint density at radius 3 is 2.67 bits per heavy atom. The van der Waals surface area contributed by atoms with E-state index >= 15 is 0 Å². The number of thioether (sulfide) groups is 1. The Morgan fingerprint density at radius 1 is 1.21 bits per heavy atom. The quantitative estimate of drug-likeness (QED) is 0.405. The lowest BCUT2D eigenvalue weighted by atomic mass is 10.2. The summed E-state index contributed by atoms with van der Waals surface area (Å²) >= 11 is 4.66. The molecule has 8 nitrogen and oxygen atoms in total. The van der Waals surface area contributed by atoms with Crippen LogP contribution in [0, 0.1) is 0 Å².